The molecule has 9 aromatic rings. The molecule has 0 aliphatic heterocycles. The van der Waals surface area contributed by atoms with Gasteiger partial charge in [-0.05, 0) is 99.9 Å². The largest absolute Gasteiger partial charge is 0.388 e. The molecule has 0 aromatic heterocycles. The zero-order chi connectivity index (χ0) is 29.6. The summed E-state index contributed by atoms with van der Waals surface area (Å²) >= 11 is 0. The fourth-order valence-electron chi connectivity index (χ4n) is 7.66. The summed E-state index contributed by atoms with van der Waals surface area (Å²) in [5.74, 6) is 0. The Labute approximate surface area is 255 Å². The second kappa shape index (κ2) is 9.24. The van der Waals surface area contributed by atoms with E-state index in [0.29, 0.717) is 6.42 Å². The highest BCUT2D eigenvalue weighted by Gasteiger charge is 2.29. The first-order valence-electron chi connectivity index (χ1n) is 15.3. The second-order valence-electron chi connectivity index (χ2n) is 12.5. The highest BCUT2D eigenvalue weighted by molar-refractivity contribution is 6.24. The van der Waals surface area contributed by atoms with Gasteiger partial charge in [-0.2, -0.15) is 0 Å². The van der Waals surface area contributed by atoms with Gasteiger partial charge in [0, 0.05) is 6.42 Å². The molecule has 0 fully saturated rings. The van der Waals surface area contributed by atoms with Crippen molar-refractivity contribution in [1.29, 1.82) is 0 Å². The first-order valence-corrected chi connectivity index (χ1v) is 15.3. The van der Waals surface area contributed by atoms with Gasteiger partial charge in [-0.15, -0.1) is 0 Å². The zero-order valence-corrected chi connectivity index (χ0v) is 24.4. The molecule has 2 nitrogen and oxygen atoms in total. The molecule has 0 spiro atoms. The molecule has 210 valence electrons. The highest BCUT2D eigenvalue weighted by atomic mass is 16.3. The van der Waals surface area contributed by atoms with Gasteiger partial charge in [-0.1, -0.05) is 127 Å². The first-order chi connectivity index (χ1) is 21.5. The number of aliphatic hydroxyl groups excluding tert-OH is 1. The molecule has 0 amide bonds. The van der Waals surface area contributed by atoms with Crippen LogP contribution in [0.2, 0.25) is 0 Å². The van der Waals surface area contributed by atoms with E-state index in [2.05, 4.69) is 109 Å². The maximum Gasteiger partial charge on any atom is 0.112 e. The minimum atomic E-state index is -1.26. The Morgan fingerprint density at radius 2 is 1.00 bits per heavy atom. The van der Waals surface area contributed by atoms with Crippen molar-refractivity contribution in [3.63, 3.8) is 0 Å². The van der Waals surface area contributed by atoms with Gasteiger partial charge in [0.1, 0.15) is 5.60 Å². The third kappa shape index (κ3) is 3.62. The van der Waals surface area contributed by atoms with Crippen molar-refractivity contribution in [2.75, 3.05) is 0 Å². The molecule has 0 aliphatic carbocycles. The molecule has 0 radical (unpaired) electrons. The molecule has 2 heteroatoms. The van der Waals surface area contributed by atoms with Crippen molar-refractivity contribution < 1.29 is 10.2 Å². The van der Waals surface area contributed by atoms with Crippen LogP contribution in [0.5, 0.6) is 0 Å². The summed E-state index contributed by atoms with van der Waals surface area (Å²) in [6, 6.07) is 46.6. The van der Waals surface area contributed by atoms with Crippen molar-refractivity contribution in [2.45, 2.75) is 25.0 Å². The maximum absolute atomic E-state index is 12.2. The fourth-order valence-corrected chi connectivity index (χ4v) is 7.66. The Morgan fingerprint density at radius 3 is 1.64 bits per heavy atom. The first kappa shape index (κ1) is 25.5. The third-order valence-electron chi connectivity index (χ3n) is 9.92. The van der Waals surface area contributed by atoms with Crippen LogP contribution < -0.4 is 0 Å². The standard InChI is InChI=1S/C42H30O2/c1-42(44,36-22-19-30-14-12-26-6-3-8-28-18-21-35(36)41(30)39(26)28)33-10-4-9-32(23-33)37(43)24-31-16-15-29-13-11-25-5-2-7-27-17-20-34(31)40(29)38(25)27/h2-23,37,43-44H,24H2,1H3. The zero-order valence-electron chi connectivity index (χ0n) is 24.4. The van der Waals surface area contributed by atoms with Crippen molar-refractivity contribution >= 4 is 64.6 Å². The van der Waals surface area contributed by atoms with E-state index in [-0.39, 0.29) is 0 Å². The van der Waals surface area contributed by atoms with Crippen LogP contribution in [0.3, 0.4) is 0 Å². The van der Waals surface area contributed by atoms with Crippen LogP contribution in [0.15, 0.2) is 133 Å². The minimum absolute atomic E-state index is 0.485. The van der Waals surface area contributed by atoms with Crippen LogP contribution in [0.25, 0.3) is 64.6 Å². The summed E-state index contributed by atoms with van der Waals surface area (Å²) in [6.45, 7) is 1.87. The van der Waals surface area contributed by atoms with Gasteiger partial charge in [-0.25, -0.2) is 0 Å². The van der Waals surface area contributed by atoms with Crippen LogP contribution in [0, 0.1) is 0 Å². The molecule has 44 heavy (non-hydrogen) atoms. The van der Waals surface area contributed by atoms with Crippen LogP contribution in [0.4, 0.5) is 0 Å². The topological polar surface area (TPSA) is 40.5 Å². The van der Waals surface area contributed by atoms with E-state index in [9.17, 15) is 10.2 Å². The summed E-state index contributed by atoms with van der Waals surface area (Å²) in [5.41, 5.74) is 2.28. The fraction of sp³-hybridized carbons (Fsp3) is 0.0952. The molecule has 0 saturated carbocycles. The minimum Gasteiger partial charge on any atom is -0.388 e. The van der Waals surface area contributed by atoms with Gasteiger partial charge in [0.15, 0.2) is 0 Å². The van der Waals surface area contributed by atoms with E-state index in [1.165, 1.54) is 59.2 Å². The van der Waals surface area contributed by atoms with Gasteiger partial charge >= 0.3 is 0 Å². The van der Waals surface area contributed by atoms with Crippen molar-refractivity contribution in [3.05, 3.63) is 156 Å². The van der Waals surface area contributed by atoms with Gasteiger partial charge in [0.2, 0.25) is 0 Å². The van der Waals surface area contributed by atoms with E-state index in [1.54, 1.807) is 0 Å². The Morgan fingerprint density at radius 1 is 0.523 bits per heavy atom. The lowest BCUT2D eigenvalue weighted by Gasteiger charge is -2.28. The predicted octanol–water partition coefficient (Wildman–Crippen LogP) is 10.0. The average molecular weight is 567 g/mol. The van der Waals surface area contributed by atoms with Crippen LogP contribution in [0.1, 0.15) is 35.3 Å². The van der Waals surface area contributed by atoms with Crippen LogP contribution >= 0.6 is 0 Å². The third-order valence-corrected chi connectivity index (χ3v) is 9.92. The monoisotopic (exact) mass is 566 g/mol. The van der Waals surface area contributed by atoms with E-state index >= 15 is 0 Å². The molecule has 0 saturated heterocycles. The highest BCUT2D eigenvalue weighted by Crippen LogP contribution is 2.42. The van der Waals surface area contributed by atoms with E-state index in [1.807, 2.05) is 31.2 Å². The normalized spacial score (nSPS) is 14.4. The van der Waals surface area contributed by atoms with E-state index in [0.717, 1.165) is 27.6 Å². The molecular weight excluding hydrogens is 536 g/mol. The Balaban J connectivity index is 1.12. The second-order valence-corrected chi connectivity index (χ2v) is 12.5. The number of hydrogen-bond donors (Lipinski definition) is 2. The van der Waals surface area contributed by atoms with E-state index in [4.69, 9.17) is 0 Å². The van der Waals surface area contributed by atoms with Crippen molar-refractivity contribution in [1.82, 2.24) is 0 Å². The van der Waals surface area contributed by atoms with Crippen LogP contribution in [-0.2, 0) is 12.0 Å². The summed E-state index contributed by atoms with van der Waals surface area (Å²) in [4.78, 5) is 0. The molecular formula is C42H30O2. The number of hydrogen-bond acceptors (Lipinski definition) is 2. The lowest BCUT2D eigenvalue weighted by atomic mass is 9.82. The molecule has 0 bridgehead atoms. The maximum atomic E-state index is 12.2. The average Bonchev–Trinajstić information content (AvgIpc) is 3.06. The molecule has 0 aliphatic rings. The molecule has 9 rings (SSSR count). The molecule has 2 N–H and O–H groups in total. The Kier molecular flexibility index (Phi) is 5.35. The van der Waals surface area contributed by atoms with Gasteiger partial charge < -0.3 is 10.2 Å². The number of rotatable bonds is 5. The quantitative estimate of drug-likeness (QED) is 0.204. The molecule has 2 unspecified atom stereocenters. The Hall–Kier alpha value is -5.02. The molecule has 9 aromatic carbocycles. The summed E-state index contributed by atoms with van der Waals surface area (Å²) < 4.78 is 0. The molecule has 0 heterocycles. The summed E-state index contributed by atoms with van der Waals surface area (Å²) in [6.07, 6.45) is -0.232. The van der Waals surface area contributed by atoms with Crippen LogP contribution in [-0.4, -0.2) is 10.2 Å². The summed E-state index contributed by atoms with van der Waals surface area (Å²) in [7, 11) is 0. The number of benzene rings is 9. The molecule has 2 atom stereocenters. The van der Waals surface area contributed by atoms with Crippen molar-refractivity contribution in [2.24, 2.45) is 0 Å². The lowest BCUT2D eigenvalue weighted by molar-refractivity contribution is 0.103. The van der Waals surface area contributed by atoms with E-state index < -0.39 is 11.7 Å². The van der Waals surface area contributed by atoms with Gasteiger partial charge in [0.25, 0.3) is 0 Å². The predicted molar refractivity (Wildman–Crippen MR) is 184 cm³/mol. The van der Waals surface area contributed by atoms with Gasteiger partial charge in [0.05, 0.1) is 6.10 Å². The Bertz CT molecular complexity index is 2490. The smallest absolute Gasteiger partial charge is 0.112 e. The number of aliphatic hydroxyl groups is 2. The van der Waals surface area contributed by atoms with Gasteiger partial charge in [-0.3, -0.25) is 0 Å². The SMILES string of the molecule is CC(O)(c1cccc(C(O)Cc2ccc3ccc4cccc5ccc2c3c45)c1)c1ccc2ccc3cccc4ccc1c2c34. The lowest BCUT2D eigenvalue weighted by Crippen LogP contribution is -2.23. The van der Waals surface area contributed by atoms with Crippen molar-refractivity contribution in [3.8, 4) is 0 Å². The summed E-state index contributed by atoms with van der Waals surface area (Å²) in [5, 5.41) is 38.3.